The molecule has 0 unspecified atom stereocenters. The Kier molecular flexibility index (Phi) is 3.84. The van der Waals surface area contributed by atoms with Gasteiger partial charge in [0, 0.05) is 25.7 Å². The lowest BCUT2D eigenvalue weighted by Gasteiger charge is -2.00. The lowest BCUT2D eigenvalue weighted by molar-refractivity contribution is 0.104. The lowest BCUT2D eigenvalue weighted by atomic mass is 10.0. The third kappa shape index (κ3) is 2.94. The van der Waals surface area contributed by atoms with Crippen LogP contribution in [0.15, 0.2) is 91.0 Å². The molecule has 0 spiro atoms. The molecule has 1 aromatic heterocycles. The molecule has 0 saturated heterocycles. The van der Waals surface area contributed by atoms with Crippen LogP contribution < -0.4 is 0 Å². The number of benzene rings is 4. The lowest BCUT2D eigenvalue weighted by Crippen LogP contribution is -1.93. The Morgan fingerprint density at radius 1 is 0.704 bits per heavy atom. The van der Waals surface area contributed by atoms with E-state index in [1.807, 2.05) is 42.5 Å². The number of thiophene rings is 1. The monoisotopic (exact) mass is 364 g/mol. The van der Waals surface area contributed by atoms with Gasteiger partial charge in [0.15, 0.2) is 5.78 Å². The second kappa shape index (κ2) is 6.49. The van der Waals surface area contributed by atoms with Crippen LogP contribution in [-0.4, -0.2) is 5.78 Å². The molecule has 0 saturated carbocycles. The van der Waals surface area contributed by atoms with Crippen LogP contribution in [0.3, 0.4) is 0 Å². The summed E-state index contributed by atoms with van der Waals surface area (Å²) in [4.78, 5) is 12.7. The number of hydrogen-bond donors (Lipinski definition) is 0. The Bertz CT molecular complexity index is 1340. The van der Waals surface area contributed by atoms with Gasteiger partial charge in [-0.15, -0.1) is 11.3 Å². The zero-order valence-corrected chi connectivity index (χ0v) is 15.4. The zero-order chi connectivity index (χ0) is 18.2. The van der Waals surface area contributed by atoms with Crippen LogP contribution in [0.2, 0.25) is 0 Å². The number of allylic oxidation sites excluding steroid dienone is 1. The topological polar surface area (TPSA) is 17.1 Å². The molecule has 4 aromatic carbocycles. The molecule has 0 bridgehead atoms. The van der Waals surface area contributed by atoms with Crippen LogP contribution in [0.5, 0.6) is 0 Å². The quantitative estimate of drug-likeness (QED) is 0.246. The van der Waals surface area contributed by atoms with Gasteiger partial charge in [-0.3, -0.25) is 4.79 Å². The average molecular weight is 364 g/mol. The van der Waals surface area contributed by atoms with Gasteiger partial charge in [-0.05, 0) is 52.7 Å². The highest BCUT2D eigenvalue weighted by atomic mass is 32.1. The van der Waals surface area contributed by atoms with E-state index in [4.69, 9.17) is 0 Å². The molecule has 0 atom stereocenters. The van der Waals surface area contributed by atoms with E-state index in [-0.39, 0.29) is 5.78 Å². The molecule has 1 nitrogen and oxygen atoms in total. The molecular weight excluding hydrogens is 348 g/mol. The summed E-state index contributed by atoms with van der Waals surface area (Å²) < 4.78 is 2.47. The Balaban J connectivity index is 1.49. The highest BCUT2D eigenvalue weighted by molar-refractivity contribution is 7.25. The number of fused-ring (bicyclic) bond motifs is 4. The first-order valence-electron chi connectivity index (χ1n) is 8.90. The third-order valence-electron chi connectivity index (χ3n) is 4.86. The SMILES string of the molecule is O=C(/C=C/c1ccc2ccccc2c1)c1ccc2sc3ccccc3c2c1. The molecule has 128 valence electrons. The van der Waals surface area contributed by atoms with Crippen molar-refractivity contribution in [2.45, 2.75) is 0 Å². The van der Waals surface area contributed by atoms with Crippen LogP contribution in [0, 0.1) is 0 Å². The van der Waals surface area contributed by atoms with Crippen LogP contribution in [0.4, 0.5) is 0 Å². The number of rotatable bonds is 3. The summed E-state index contributed by atoms with van der Waals surface area (Å²) in [5, 5.41) is 4.75. The fraction of sp³-hybridized carbons (Fsp3) is 0. The van der Waals surface area contributed by atoms with Crippen LogP contribution >= 0.6 is 11.3 Å². The van der Waals surface area contributed by atoms with Gasteiger partial charge in [0.25, 0.3) is 0 Å². The van der Waals surface area contributed by atoms with Crippen LogP contribution in [0.1, 0.15) is 15.9 Å². The summed E-state index contributed by atoms with van der Waals surface area (Å²) in [5.41, 5.74) is 1.76. The molecule has 5 aromatic rings. The van der Waals surface area contributed by atoms with Crippen molar-refractivity contribution >= 4 is 54.1 Å². The minimum Gasteiger partial charge on any atom is -0.289 e. The Morgan fingerprint density at radius 3 is 2.41 bits per heavy atom. The van der Waals surface area contributed by atoms with Crippen molar-refractivity contribution in [3.05, 3.63) is 102 Å². The Hall–Kier alpha value is -3.23. The van der Waals surface area contributed by atoms with Gasteiger partial charge in [0.1, 0.15) is 0 Å². The molecule has 2 heteroatoms. The zero-order valence-electron chi connectivity index (χ0n) is 14.6. The van der Waals surface area contributed by atoms with Crippen molar-refractivity contribution in [3.8, 4) is 0 Å². The first kappa shape index (κ1) is 16.0. The number of hydrogen-bond acceptors (Lipinski definition) is 2. The predicted octanol–water partition coefficient (Wildman–Crippen LogP) is 7.10. The van der Waals surface area contributed by atoms with Crippen LogP contribution in [0.25, 0.3) is 37.0 Å². The molecule has 5 rings (SSSR count). The predicted molar refractivity (Wildman–Crippen MR) is 117 cm³/mol. The van der Waals surface area contributed by atoms with Crippen molar-refractivity contribution in [1.29, 1.82) is 0 Å². The van der Waals surface area contributed by atoms with Gasteiger partial charge in [-0.25, -0.2) is 0 Å². The maximum absolute atomic E-state index is 12.7. The second-order valence-electron chi connectivity index (χ2n) is 6.61. The molecule has 0 aliphatic carbocycles. The second-order valence-corrected chi connectivity index (χ2v) is 7.70. The maximum atomic E-state index is 12.7. The third-order valence-corrected chi connectivity index (χ3v) is 6.01. The molecule has 0 radical (unpaired) electrons. The first-order valence-corrected chi connectivity index (χ1v) is 9.72. The molecule has 0 amide bonds. The normalized spacial score (nSPS) is 11.7. The Labute approximate surface area is 161 Å². The van der Waals surface area contributed by atoms with Gasteiger partial charge in [0.05, 0.1) is 0 Å². The summed E-state index contributed by atoms with van der Waals surface area (Å²) in [7, 11) is 0. The number of carbonyl (C=O) groups is 1. The summed E-state index contributed by atoms with van der Waals surface area (Å²) in [6.07, 6.45) is 3.56. The van der Waals surface area contributed by atoms with E-state index < -0.39 is 0 Å². The van der Waals surface area contributed by atoms with Crippen molar-refractivity contribution < 1.29 is 4.79 Å². The molecule has 27 heavy (non-hydrogen) atoms. The molecule has 1 heterocycles. The van der Waals surface area contributed by atoms with Gasteiger partial charge in [0.2, 0.25) is 0 Å². The molecular formula is C25H16OS. The fourth-order valence-electron chi connectivity index (χ4n) is 3.46. The summed E-state index contributed by atoms with van der Waals surface area (Å²) >= 11 is 1.76. The van der Waals surface area contributed by atoms with Crippen LogP contribution in [-0.2, 0) is 0 Å². The van der Waals surface area contributed by atoms with Crippen molar-refractivity contribution in [1.82, 2.24) is 0 Å². The van der Waals surface area contributed by atoms with E-state index in [1.54, 1.807) is 17.4 Å². The smallest absolute Gasteiger partial charge is 0.185 e. The van der Waals surface area contributed by atoms with Gasteiger partial charge >= 0.3 is 0 Å². The minimum absolute atomic E-state index is 0.0281. The molecule has 0 aliphatic heterocycles. The summed E-state index contributed by atoms with van der Waals surface area (Å²) in [6.45, 7) is 0. The van der Waals surface area contributed by atoms with E-state index in [0.717, 1.165) is 16.5 Å². The number of carbonyl (C=O) groups excluding carboxylic acids is 1. The fourth-order valence-corrected chi connectivity index (χ4v) is 4.55. The summed E-state index contributed by atoms with van der Waals surface area (Å²) in [5.74, 6) is 0.0281. The van der Waals surface area contributed by atoms with Crippen molar-refractivity contribution in [3.63, 3.8) is 0 Å². The summed E-state index contributed by atoms with van der Waals surface area (Å²) in [6, 6.07) is 28.8. The molecule has 0 N–H and O–H groups in total. The van der Waals surface area contributed by atoms with Gasteiger partial charge < -0.3 is 0 Å². The average Bonchev–Trinajstić information content (AvgIpc) is 3.09. The largest absolute Gasteiger partial charge is 0.289 e. The van der Waals surface area contributed by atoms with E-state index >= 15 is 0 Å². The molecule has 0 aliphatic rings. The standard InChI is InChI=1S/C25H16OS/c26-23(13-10-17-9-11-18-5-1-2-6-19(18)15-17)20-12-14-25-22(16-20)21-7-3-4-8-24(21)27-25/h1-16H/b13-10+. The Morgan fingerprint density at radius 2 is 1.48 bits per heavy atom. The first-order chi connectivity index (χ1) is 13.3. The van der Waals surface area contributed by atoms with Gasteiger partial charge in [-0.2, -0.15) is 0 Å². The van der Waals surface area contributed by atoms with E-state index in [0.29, 0.717) is 0 Å². The van der Waals surface area contributed by atoms with Crippen molar-refractivity contribution in [2.75, 3.05) is 0 Å². The van der Waals surface area contributed by atoms with E-state index in [2.05, 4.69) is 48.5 Å². The van der Waals surface area contributed by atoms with E-state index in [1.165, 1.54) is 25.6 Å². The molecule has 0 fully saturated rings. The highest BCUT2D eigenvalue weighted by Gasteiger charge is 2.08. The van der Waals surface area contributed by atoms with Crippen molar-refractivity contribution in [2.24, 2.45) is 0 Å². The van der Waals surface area contributed by atoms with E-state index in [9.17, 15) is 4.79 Å². The highest BCUT2D eigenvalue weighted by Crippen LogP contribution is 2.34. The minimum atomic E-state index is 0.0281. The number of ketones is 1. The maximum Gasteiger partial charge on any atom is 0.185 e. The van der Waals surface area contributed by atoms with Gasteiger partial charge in [-0.1, -0.05) is 60.7 Å².